The van der Waals surface area contributed by atoms with E-state index in [4.69, 9.17) is 21.0 Å². The molecule has 0 spiro atoms. The number of hydrogen-bond donors (Lipinski definition) is 0. The van der Waals surface area contributed by atoms with E-state index in [1.54, 1.807) is 22.8 Å². The van der Waals surface area contributed by atoms with Crippen LogP contribution in [0, 0.1) is 13.8 Å². The van der Waals surface area contributed by atoms with Crippen LogP contribution in [-0.2, 0) is 5.75 Å². The molecule has 0 saturated heterocycles. The quantitative estimate of drug-likeness (QED) is 0.230. The van der Waals surface area contributed by atoms with Gasteiger partial charge >= 0.3 is 0 Å². The van der Waals surface area contributed by atoms with Crippen molar-refractivity contribution in [3.63, 3.8) is 0 Å². The molecule has 33 heavy (non-hydrogen) atoms. The van der Waals surface area contributed by atoms with Crippen LogP contribution in [0.2, 0.25) is 5.02 Å². The Morgan fingerprint density at radius 1 is 0.970 bits per heavy atom. The van der Waals surface area contributed by atoms with Crippen LogP contribution in [0.3, 0.4) is 0 Å². The molecule has 0 fully saturated rings. The number of hydrogen-bond acceptors (Lipinski definition) is 6. The number of halogens is 1. The van der Waals surface area contributed by atoms with Gasteiger partial charge in [-0.25, -0.2) is 4.98 Å². The second kappa shape index (κ2) is 8.84. The summed E-state index contributed by atoms with van der Waals surface area (Å²) in [7, 11) is 0. The molecule has 2 aromatic heterocycles. The van der Waals surface area contributed by atoms with Crippen molar-refractivity contribution in [1.82, 2.24) is 19.7 Å². The molecule has 0 aliphatic carbocycles. The first kappa shape index (κ1) is 21.4. The van der Waals surface area contributed by atoms with Crippen molar-refractivity contribution >= 4 is 34.3 Å². The van der Waals surface area contributed by atoms with Gasteiger partial charge < -0.3 is 4.42 Å². The van der Waals surface area contributed by atoms with E-state index in [1.807, 2.05) is 62.4 Å². The van der Waals surface area contributed by atoms with E-state index in [0.29, 0.717) is 38.6 Å². The Bertz CT molecular complexity index is 1530. The van der Waals surface area contributed by atoms with Gasteiger partial charge in [-0.05, 0) is 73.5 Å². The normalized spacial score (nSPS) is 11.2. The number of nitrogens with zero attached hydrogens (tertiary/aromatic N) is 4. The molecule has 0 aliphatic rings. The fraction of sp³-hybridized carbons (Fsp3) is 0.120. The molecule has 0 N–H and O–H groups in total. The van der Waals surface area contributed by atoms with E-state index in [1.165, 1.54) is 11.8 Å². The van der Waals surface area contributed by atoms with Crippen LogP contribution < -0.4 is 5.56 Å². The van der Waals surface area contributed by atoms with E-state index >= 15 is 0 Å². The maximum absolute atomic E-state index is 13.4. The summed E-state index contributed by atoms with van der Waals surface area (Å²) in [5.74, 6) is 1.23. The Balaban J connectivity index is 1.52. The largest absolute Gasteiger partial charge is 0.420 e. The lowest BCUT2D eigenvalue weighted by Gasteiger charge is -2.14. The predicted molar refractivity (Wildman–Crippen MR) is 131 cm³/mol. The molecule has 0 bridgehead atoms. The molecule has 0 aliphatic heterocycles. The molecule has 5 rings (SSSR count). The third-order valence-corrected chi connectivity index (χ3v) is 6.55. The summed E-state index contributed by atoms with van der Waals surface area (Å²) in [6, 6.07) is 20.5. The van der Waals surface area contributed by atoms with Gasteiger partial charge in [-0.3, -0.25) is 9.36 Å². The highest BCUT2D eigenvalue weighted by Gasteiger charge is 2.16. The summed E-state index contributed by atoms with van der Waals surface area (Å²) in [6.07, 6.45) is 0. The summed E-state index contributed by atoms with van der Waals surface area (Å²) >= 11 is 7.33. The van der Waals surface area contributed by atoms with Crippen LogP contribution in [0.5, 0.6) is 0 Å². The SMILES string of the molecule is Cc1ccc(-n2c(SCc3nnc(-c4ccc(Cl)cc4)o3)nc3ccccc3c2=O)cc1C. The van der Waals surface area contributed by atoms with E-state index in [2.05, 4.69) is 10.2 Å². The van der Waals surface area contributed by atoms with Crippen molar-refractivity contribution in [3.05, 3.63) is 99.1 Å². The number of para-hydroxylation sites is 1. The first-order valence-electron chi connectivity index (χ1n) is 10.3. The van der Waals surface area contributed by atoms with Gasteiger partial charge in [0.05, 0.1) is 22.3 Å². The van der Waals surface area contributed by atoms with Gasteiger partial charge in [0.1, 0.15) is 0 Å². The summed E-state index contributed by atoms with van der Waals surface area (Å²) in [5.41, 5.74) is 4.37. The van der Waals surface area contributed by atoms with Crippen LogP contribution in [0.25, 0.3) is 28.0 Å². The minimum atomic E-state index is -0.112. The molecule has 3 aromatic carbocycles. The van der Waals surface area contributed by atoms with Gasteiger partial charge in [-0.2, -0.15) is 0 Å². The average Bonchev–Trinajstić information content (AvgIpc) is 3.29. The van der Waals surface area contributed by atoms with Crippen molar-refractivity contribution in [1.29, 1.82) is 0 Å². The average molecular weight is 475 g/mol. The van der Waals surface area contributed by atoms with Gasteiger partial charge in [-0.15, -0.1) is 10.2 Å². The van der Waals surface area contributed by atoms with Gasteiger partial charge in [0.25, 0.3) is 5.56 Å². The molecule has 0 unspecified atom stereocenters. The van der Waals surface area contributed by atoms with Gasteiger partial charge in [0.15, 0.2) is 5.16 Å². The molecule has 0 amide bonds. The zero-order valence-electron chi connectivity index (χ0n) is 17.9. The Kier molecular flexibility index (Phi) is 5.74. The number of thioether (sulfide) groups is 1. The van der Waals surface area contributed by atoms with Crippen LogP contribution >= 0.6 is 23.4 Å². The molecule has 8 heteroatoms. The van der Waals surface area contributed by atoms with E-state index < -0.39 is 0 Å². The highest BCUT2D eigenvalue weighted by atomic mass is 35.5. The molecule has 2 heterocycles. The Morgan fingerprint density at radius 2 is 1.76 bits per heavy atom. The van der Waals surface area contributed by atoms with Crippen molar-refractivity contribution in [3.8, 4) is 17.1 Å². The Labute approximate surface area is 199 Å². The first-order valence-corrected chi connectivity index (χ1v) is 11.7. The minimum Gasteiger partial charge on any atom is -0.420 e. The fourth-order valence-corrected chi connectivity index (χ4v) is 4.42. The molecule has 5 aromatic rings. The number of fused-ring (bicyclic) bond motifs is 1. The number of aromatic nitrogens is 4. The van der Waals surface area contributed by atoms with Gasteiger partial charge in [-0.1, -0.05) is 41.6 Å². The fourth-order valence-electron chi connectivity index (χ4n) is 3.45. The van der Waals surface area contributed by atoms with Crippen LogP contribution in [-0.4, -0.2) is 19.7 Å². The standard InChI is InChI=1S/C25H19ClN4O2S/c1-15-7-12-19(13-16(15)2)30-24(31)20-5-3-4-6-21(20)27-25(30)33-14-22-28-29-23(32-22)17-8-10-18(26)11-9-17/h3-13H,14H2,1-2H3. The van der Waals surface area contributed by atoms with Crippen LogP contribution in [0.1, 0.15) is 17.0 Å². The Hall–Kier alpha value is -3.42. The van der Waals surface area contributed by atoms with E-state index in [-0.39, 0.29) is 5.56 Å². The molecule has 6 nitrogen and oxygen atoms in total. The van der Waals surface area contributed by atoms with Gasteiger partial charge in [0, 0.05) is 10.6 Å². The van der Waals surface area contributed by atoms with Crippen molar-refractivity contribution in [2.45, 2.75) is 24.8 Å². The maximum atomic E-state index is 13.4. The monoisotopic (exact) mass is 474 g/mol. The highest BCUT2D eigenvalue weighted by molar-refractivity contribution is 7.98. The minimum absolute atomic E-state index is 0.112. The van der Waals surface area contributed by atoms with E-state index in [9.17, 15) is 4.79 Å². The number of rotatable bonds is 5. The van der Waals surface area contributed by atoms with Crippen molar-refractivity contribution in [2.75, 3.05) is 0 Å². The summed E-state index contributed by atoms with van der Waals surface area (Å²) in [4.78, 5) is 18.2. The topological polar surface area (TPSA) is 73.8 Å². The van der Waals surface area contributed by atoms with Crippen LogP contribution in [0.4, 0.5) is 0 Å². The van der Waals surface area contributed by atoms with Crippen molar-refractivity contribution < 1.29 is 4.42 Å². The third kappa shape index (κ3) is 4.29. The maximum Gasteiger partial charge on any atom is 0.266 e. The summed E-state index contributed by atoms with van der Waals surface area (Å²) in [6.45, 7) is 4.08. The highest BCUT2D eigenvalue weighted by Crippen LogP contribution is 2.27. The Morgan fingerprint density at radius 3 is 2.55 bits per heavy atom. The summed E-state index contributed by atoms with van der Waals surface area (Å²) < 4.78 is 7.48. The second-order valence-corrected chi connectivity index (χ2v) is 9.00. The predicted octanol–water partition coefficient (Wildman–Crippen LogP) is 6.00. The molecular formula is C25H19ClN4O2S. The zero-order valence-corrected chi connectivity index (χ0v) is 19.5. The summed E-state index contributed by atoms with van der Waals surface area (Å²) in [5, 5.41) is 10.1. The lowest BCUT2D eigenvalue weighted by atomic mass is 10.1. The number of aryl methyl sites for hydroxylation is 2. The lowest BCUT2D eigenvalue weighted by Crippen LogP contribution is -2.22. The molecule has 0 saturated carbocycles. The van der Waals surface area contributed by atoms with E-state index in [0.717, 1.165) is 22.4 Å². The lowest BCUT2D eigenvalue weighted by molar-refractivity contribution is 0.528. The van der Waals surface area contributed by atoms with Crippen LogP contribution in [0.15, 0.2) is 81.1 Å². The smallest absolute Gasteiger partial charge is 0.266 e. The molecule has 164 valence electrons. The van der Waals surface area contributed by atoms with Gasteiger partial charge in [0.2, 0.25) is 11.8 Å². The third-order valence-electron chi connectivity index (χ3n) is 5.38. The van der Waals surface area contributed by atoms with Crippen molar-refractivity contribution in [2.24, 2.45) is 0 Å². The second-order valence-electron chi connectivity index (χ2n) is 7.62. The molecular weight excluding hydrogens is 456 g/mol. The zero-order chi connectivity index (χ0) is 22.9. The first-order chi connectivity index (χ1) is 16.0. The molecule has 0 radical (unpaired) electrons. The number of benzene rings is 3. The molecule has 0 atom stereocenters.